The number of hydrogen-bond donors (Lipinski definition) is 1. The van der Waals surface area contributed by atoms with E-state index in [1.807, 2.05) is 13.8 Å². The van der Waals surface area contributed by atoms with Crippen molar-refractivity contribution in [1.82, 2.24) is 9.97 Å². The van der Waals surface area contributed by atoms with Gasteiger partial charge in [0, 0.05) is 19.7 Å². The molecule has 0 amide bonds. The zero-order valence-electron chi connectivity index (χ0n) is 12.3. The molecule has 0 bridgehead atoms. The third kappa shape index (κ3) is 4.13. The van der Waals surface area contributed by atoms with Gasteiger partial charge in [0.15, 0.2) is 17.4 Å². The average molecular weight is 291 g/mol. The molecule has 21 heavy (non-hydrogen) atoms. The molecule has 1 aromatic heterocycles. The number of nitrogens with one attached hydrogen (secondary N) is 1. The molecule has 1 aromatic carbocycles. The molecule has 0 atom stereocenters. The van der Waals surface area contributed by atoms with Crippen LogP contribution in [0.3, 0.4) is 0 Å². The van der Waals surface area contributed by atoms with E-state index in [4.69, 9.17) is 9.47 Å². The minimum atomic E-state index is -0.433. The largest absolute Gasteiger partial charge is 0.436 e. The molecular weight excluding hydrogens is 273 g/mol. The van der Waals surface area contributed by atoms with Crippen LogP contribution >= 0.6 is 0 Å². The summed E-state index contributed by atoms with van der Waals surface area (Å²) in [6.07, 6.45) is 0. The monoisotopic (exact) mass is 291 g/mol. The number of anilines is 1. The van der Waals surface area contributed by atoms with Crippen molar-refractivity contribution in [3.05, 3.63) is 41.5 Å². The van der Waals surface area contributed by atoms with Crippen molar-refractivity contribution in [3.8, 4) is 11.6 Å². The molecule has 1 N–H and O–H groups in total. The van der Waals surface area contributed by atoms with Gasteiger partial charge in [-0.15, -0.1) is 0 Å². The maximum Gasteiger partial charge on any atom is 0.224 e. The summed E-state index contributed by atoms with van der Waals surface area (Å²) in [5, 5.41) is 3.08. The minimum absolute atomic E-state index is 0.138. The van der Waals surface area contributed by atoms with E-state index in [1.54, 1.807) is 25.3 Å². The van der Waals surface area contributed by atoms with Gasteiger partial charge >= 0.3 is 0 Å². The lowest BCUT2D eigenvalue weighted by atomic mass is 10.2. The fraction of sp³-hybridized carbons (Fsp3) is 0.333. The van der Waals surface area contributed by atoms with Crippen molar-refractivity contribution < 1.29 is 13.9 Å². The average Bonchev–Trinajstić information content (AvgIpc) is 2.43. The second-order valence-corrected chi connectivity index (χ2v) is 4.51. The number of halogens is 1. The highest BCUT2D eigenvalue weighted by Gasteiger charge is 2.09. The van der Waals surface area contributed by atoms with Crippen LogP contribution in [0.2, 0.25) is 0 Å². The van der Waals surface area contributed by atoms with E-state index >= 15 is 0 Å². The van der Waals surface area contributed by atoms with Gasteiger partial charge in [-0.1, -0.05) is 6.07 Å². The first kappa shape index (κ1) is 15.2. The number of benzene rings is 1. The SMILES string of the molecule is CCNc1cc(Oc2cc(C)ccc2F)nc(COC)n1. The quantitative estimate of drug-likeness (QED) is 0.885. The molecule has 0 spiro atoms. The first-order valence-electron chi connectivity index (χ1n) is 6.67. The third-order valence-corrected chi connectivity index (χ3v) is 2.68. The highest BCUT2D eigenvalue weighted by Crippen LogP contribution is 2.25. The Bertz CT molecular complexity index is 596. The molecule has 0 aliphatic heterocycles. The van der Waals surface area contributed by atoms with Gasteiger partial charge < -0.3 is 14.8 Å². The van der Waals surface area contributed by atoms with Gasteiger partial charge in [-0.05, 0) is 31.5 Å². The highest BCUT2D eigenvalue weighted by atomic mass is 19.1. The molecule has 0 unspecified atom stereocenters. The first-order valence-corrected chi connectivity index (χ1v) is 6.67. The molecule has 112 valence electrons. The Balaban J connectivity index is 2.31. The van der Waals surface area contributed by atoms with E-state index in [0.717, 1.165) is 5.56 Å². The molecule has 2 rings (SSSR count). The maximum absolute atomic E-state index is 13.7. The number of nitrogens with zero attached hydrogens (tertiary/aromatic N) is 2. The number of methoxy groups -OCH3 is 1. The third-order valence-electron chi connectivity index (χ3n) is 2.68. The van der Waals surface area contributed by atoms with Crippen molar-refractivity contribution in [2.75, 3.05) is 19.0 Å². The van der Waals surface area contributed by atoms with Crippen LogP contribution in [-0.2, 0) is 11.3 Å². The predicted molar refractivity (Wildman–Crippen MR) is 78.1 cm³/mol. The van der Waals surface area contributed by atoms with E-state index < -0.39 is 5.82 Å². The lowest BCUT2D eigenvalue weighted by Gasteiger charge is -2.10. The van der Waals surface area contributed by atoms with Gasteiger partial charge in [0.1, 0.15) is 12.4 Å². The summed E-state index contributed by atoms with van der Waals surface area (Å²) in [4.78, 5) is 8.48. The van der Waals surface area contributed by atoms with Gasteiger partial charge in [0.25, 0.3) is 0 Å². The van der Waals surface area contributed by atoms with Crippen LogP contribution in [0.1, 0.15) is 18.3 Å². The van der Waals surface area contributed by atoms with Crippen molar-refractivity contribution in [2.45, 2.75) is 20.5 Å². The molecular formula is C15H18FN3O2. The Kier molecular flexibility index (Phi) is 5.05. The molecule has 0 saturated carbocycles. The highest BCUT2D eigenvalue weighted by molar-refractivity contribution is 5.40. The Labute approximate surface area is 123 Å². The Morgan fingerprint density at radius 3 is 2.76 bits per heavy atom. The topological polar surface area (TPSA) is 56.3 Å². The standard InChI is InChI=1S/C15H18FN3O2/c1-4-17-13-8-15(19-14(18-13)9-20-3)21-12-7-10(2)5-6-11(12)16/h5-8H,4,9H2,1-3H3,(H,17,18,19). The van der Waals surface area contributed by atoms with Crippen LogP contribution in [0.4, 0.5) is 10.2 Å². The smallest absolute Gasteiger partial charge is 0.224 e. The van der Waals surface area contributed by atoms with Gasteiger partial charge in [0.2, 0.25) is 5.88 Å². The zero-order chi connectivity index (χ0) is 15.2. The number of ether oxygens (including phenoxy) is 2. The van der Waals surface area contributed by atoms with Crippen LogP contribution in [0.25, 0.3) is 0 Å². The Morgan fingerprint density at radius 2 is 2.05 bits per heavy atom. The van der Waals surface area contributed by atoms with Crippen molar-refractivity contribution in [2.24, 2.45) is 0 Å². The summed E-state index contributed by atoms with van der Waals surface area (Å²) in [6.45, 7) is 4.79. The summed E-state index contributed by atoms with van der Waals surface area (Å²) in [5.74, 6) is 1.07. The second kappa shape index (κ2) is 6.99. The molecule has 0 radical (unpaired) electrons. The molecule has 0 saturated heterocycles. The van der Waals surface area contributed by atoms with Crippen LogP contribution in [0.5, 0.6) is 11.6 Å². The number of hydrogen-bond acceptors (Lipinski definition) is 5. The van der Waals surface area contributed by atoms with E-state index in [-0.39, 0.29) is 18.2 Å². The zero-order valence-corrected chi connectivity index (χ0v) is 12.3. The van der Waals surface area contributed by atoms with Gasteiger partial charge in [0.05, 0.1) is 0 Å². The fourth-order valence-electron chi connectivity index (χ4n) is 1.79. The van der Waals surface area contributed by atoms with E-state index in [9.17, 15) is 4.39 Å². The molecule has 0 aliphatic rings. The fourth-order valence-corrected chi connectivity index (χ4v) is 1.79. The molecule has 2 aromatic rings. The maximum atomic E-state index is 13.7. The van der Waals surface area contributed by atoms with E-state index in [0.29, 0.717) is 18.2 Å². The Morgan fingerprint density at radius 1 is 1.24 bits per heavy atom. The van der Waals surface area contributed by atoms with E-state index in [1.165, 1.54) is 6.07 Å². The van der Waals surface area contributed by atoms with Gasteiger partial charge in [-0.25, -0.2) is 9.37 Å². The van der Waals surface area contributed by atoms with Crippen molar-refractivity contribution in [3.63, 3.8) is 0 Å². The van der Waals surface area contributed by atoms with Crippen LogP contribution in [0.15, 0.2) is 24.3 Å². The summed E-state index contributed by atoms with van der Waals surface area (Å²) in [7, 11) is 1.56. The minimum Gasteiger partial charge on any atom is -0.436 e. The van der Waals surface area contributed by atoms with Gasteiger partial charge in [-0.2, -0.15) is 4.98 Å². The number of rotatable bonds is 6. The summed E-state index contributed by atoms with van der Waals surface area (Å²) < 4.78 is 24.3. The summed E-state index contributed by atoms with van der Waals surface area (Å²) >= 11 is 0. The summed E-state index contributed by atoms with van der Waals surface area (Å²) in [6, 6.07) is 6.31. The van der Waals surface area contributed by atoms with E-state index in [2.05, 4.69) is 15.3 Å². The molecule has 5 nitrogen and oxygen atoms in total. The molecule has 0 aliphatic carbocycles. The van der Waals surface area contributed by atoms with Crippen molar-refractivity contribution >= 4 is 5.82 Å². The first-order chi connectivity index (χ1) is 10.1. The van der Waals surface area contributed by atoms with Crippen LogP contribution in [0, 0.1) is 12.7 Å². The second-order valence-electron chi connectivity index (χ2n) is 4.51. The number of aryl methyl sites for hydroxylation is 1. The lowest BCUT2D eigenvalue weighted by Crippen LogP contribution is -2.05. The van der Waals surface area contributed by atoms with Crippen molar-refractivity contribution in [1.29, 1.82) is 0 Å². The molecule has 0 fully saturated rings. The molecule has 6 heteroatoms. The predicted octanol–water partition coefficient (Wildman–Crippen LogP) is 3.29. The molecule has 1 heterocycles. The Hall–Kier alpha value is -2.21. The number of aromatic nitrogens is 2. The van der Waals surface area contributed by atoms with Crippen LogP contribution in [-0.4, -0.2) is 23.6 Å². The van der Waals surface area contributed by atoms with Gasteiger partial charge in [-0.3, -0.25) is 0 Å². The van der Waals surface area contributed by atoms with Crippen LogP contribution < -0.4 is 10.1 Å². The lowest BCUT2D eigenvalue weighted by molar-refractivity contribution is 0.177. The summed E-state index contributed by atoms with van der Waals surface area (Å²) in [5.41, 5.74) is 0.907. The normalized spacial score (nSPS) is 10.5.